The largest absolute Gasteiger partial charge is 0.573 e. The van der Waals surface area contributed by atoms with E-state index in [9.17, 15) is 31.1 Å². The Labute approximate surface area is 141 Å². The first-order chi connectivity index (χ1) is 11.0. The first-order valence-corrected chi connectivity index (χ1v) is 7.68. The Hall–Kier alpha value is -1.45. The van der Waals surface area contributed by atoms with Gasteiger partial charge >= 0.3 is 12.5 Å². The second kappa shape index (κ2) is 6.81. The van der Waals surface area contributed by atoms with Gasteiger partial charge in [0.15, 0.2) is 0 Å². The van der Waals surface area contributed by atoms with Gasteiger partial charge in [-0.1, -0.05) is 6.07 Å². The molecular formula is C14H12BrF6NO2. The number of carbonyl (C=O) groups is 1. The summed E-state index contributed by atoms with van der Waals surface area (Å²) in [5, 5.41) is 0. The highest BCUT2D eigenvalue weighted by Gasteiger charge is 2.43. The van der Waals surface area contributed by atoms with E-state index < -0.39 is 42.2 Å². The van der Waals surface area contributed by atoms with Gasteiger partial charge in [-0.25, -0.2) is 0 Å². The number of piperidine rings is 1. The fourth-order valence-electron chi connectivity index (χ4n) is 2.51. The Morgan fingerprint density at radius 3 is 2.46 bits per heavy atom. The van der Waals surface area contributed by atoms with Crippen LogP contribution in [0.5, 0.6) is 5.75 Å². The highest BCUT2D eigenvalue weighted by Crippen LogP contribution is 2.36. The van der Waals surface area contributed by atoms with Gasteiger partial charge < -0.3 is 9.64 Å². The lowest BCUT2D eigenvalue weighted by molar-refractivity contribution is -0.274. The minimum atomic E-state index is -5.02. The minimum absolute atomic E-state index is 0.0170. The highest BCUT2D eigenvalue weighted by molar-refractivity contribution is 9.10. The predicted molar refractivity (Wildman–Crippen MR) is 75.5 cm³/mol. The van der Waals surface area contributed by atoms with E-state index in [-0.39, 0.29) is 23.9 Å². The lowest BCUT2D eigenvalue weighted by Crippen LogP contribution is -2.44. The molecule has 3 nitrogen and oxygen atoms in total. The molecule has 1 aliphatic rings. The van der Waals surface area contributed by atoms with Crippen LogP contribution < -0.4 is 4.74 Å². The van der Waals surface area contributed by atoms with Gasteiger partial charge in [0.1, 0.15) is 5.75 Å². The molecule has 1 amide bonds. The molecule has 1 aromatic rings. The van der Waals surface area contributed by atoms with Crippen LogP contribution in [0, 0.1) is 5.92 Å². The van der Waals surface area contributed by atoms with Crippen LogP contribution in [0.2, 0.25) is 0 Å². The monoisotopic (exact) mass is 419 g/mol. The van der Waals surface area contributed by atoms with Gasteiger partial charge in [-0.15, -0.1) is 13.2 Å². The standard InChI is InChI=1S/C14H12BrF6NO2/c15-9-4-1-5-10(24-14(19,20)21)11(9)12(23)22-6-2-3-8(7-22)13(16,17)18/h1,4-5,8H,2-3,6-7H2. The number of ether oxygens (including phenoxy) is 1. The quantitative estimate of drug-likeness (QED) is 0.646. The number of rotatable bonds is 2. The third-order valence-corrected chi connectivity index (χ3v) is 4.25. The van der Waals surface area contributed by atoms with Crippen LogP contribution in [0.4, 0.5) is 26.3 Å². The highest BCUT2D eigenvalue weighted by atomic mass is 79.9. The van der Waals surface area contributed by atoms with Crippen molar-refractivity contribution in [3.8, 4) is 5.75 Å². The van der Waals surface area contributed by atoms with Gasteiger partial charge in [0.2, 0.25) is 0 Å². The molecule has 0 spiro atoms. The Morgan fingerprint density at radius 1 is 1.21 bits per heavy atom. The summed E-state index contributed by atoms with van der Waals surface area (Å²) < 4.78 is 79.8. The molecule has 1 fully saturated rings. The third-order valence-electron chi connectivity index (χ3n) is 3.59. The molecule has 0 bridgehead atoms. The van der Waals surface area contributed by atoms with E-state index in [1.54, 1.807) is 0 Å². The molecule has 0 aliphatic carbocycles. The number of nitrogens with zero attached hydrogens (tertiary/aromatic N) is 1. The lowest BCUT2D eigenvalue weighted by Gasteiger charge is -2.34. The van der Waals surface area contributed by atoms with Gasteiger partial charge in [0.25, 0.3) is 5.91 Å². The van der Waals surface area contributed by atoms with Crippen LogP contribution in [0.1, 0.15) is 23.2 Å². The van der Waals surface area contributed by atoms with Crippen molar-refractivity contribution < 1.29 is 35.9 Å². The average molecular weight is 420 g/mol. The fourth-order valence-corrected chi connectivity index (χ4v) is 3.03. The van der Waals surface area contributed by atoms with Gasteiger partial charge in [-0.2, -0.15) is 13.2 Å². The van der Waals surface area contributed by atoms with Gasteiger partial charge in [-0.05, 0) is 40.9 Å². The number of halogens is 7. The molecule has 2 rings (SSSR count). The molecule has 24 heavy (non-hydrogen) atoms. The summed E-state index contributed by atoms with van der Waals surface area (Å²) in [7, 11) is 0. The van der Waals surface area contributed by atoms with E-state index in [4.69, 9.17) is 0 Å². The van der Waals surface area contributed by atoms with Crippen LogP contribution >= 0.6 is 15.9 Å². The van der Waals surface area contributed by atoms with Crippen molar-refractivity contribution >= 4 is 21.8 Å². The lowest BCUT2D eigenvalue weighted by atomic mass is 9.97. The third kappa shape index (κ3) is 4.55. The van der Waals surface area contributed by atoms with Crippen molar-refractivity contribution in [2.24, 2.45) is 5.92 Å². The van der Waals surface area contributed by atoms with Crippen LogP contribution in [-0.2, 0) is 0 Å². The fraction of sp³-hybridized carbons (Fsp3) is 0.500. The average Bonchev–Trinajstić information content (AvgIpc) is 2.44. The Bertz CT molecular complexity index is 616. The smallest absolute Gasteiger partial charge is 0.405 e. The molecular weight excluding hydrogens is 408 g/mol. The molecule has 134 valence electrons. The van der Waals surface area contributed by atoms with Crippen molar-refractivity contribution in [3.63, 3.8) is 0 Å². The van der Waals surface area contributed by atoms with Crippen LogP contribution in [-0.4, -0.2) is 36.4 Å². The van der Waals surface area contributed by atoms with Crippen molar-refractivity contribution in [2.45, 2.75) is 25.4 Å². The summed E-state index contributed by atoms with van der Waals surface area (Å²) in [6, 6.07) is 3.50. The van der Waals surface area contributed by atoms with Crippen molar-refractivity contribution in [1.29, 1.82) is 0 Å². The molecule has 0 aromatic heterocycles. The van der Waals surface area contributed by atoms with Gasteiger partial charge in [0.05, 0.1) is 11.5 Å². The number of hydrogen-bond acceptors (Lipinski definition) is 2. The van der Waals surface area contributed by atoms with Gasteiger partial charge in [0, 0.05) is 17.6 Å². The Kier molecular flexibility index (Phi) is 5.36. The first kappa shape index (κ1) is 18.9. The molecule has 0 N–H and O–H groups in total. The summed E-state index contributed by atoms with van der Waals surface area (Å²) in [5.74, 6) is -3.38. The van der Waals surface area contributed by atoms with Crippen LogP contribution in [0.3, 0.4) is 0 Å². The zero-order chi connectivity index (χ0) is 18.1. The Morgan fingerprint density at radius 2 is 1.88 bits per heavy atom. The molecule has 1 saturated heterocycles. The predicted octanol–water partition coefficient (Wildman–Crippen LogP) is 4.76. The van der Waals surface area contributed by atoms with Crippen molar-refractivity contribution in [1.82, 2.24) is 4.90 Å². The summed E-state index contributed by atoms with van der Waals surface area (Å²) in [6.45, 7) is -0.548. The normalized spacial score (nSPS) is 19.3. The van der Waals surface area contributed by atoms with E-state index in [1.807, 2.05) is 0 Å². The van der Waals surface area contributed by atoms with Gasteiger partial charge in [-0.3, -0.25) is 4.79 Å². The van der Waals surface area contributed by atoms with E-state index in [1.165, 1.54) is 12.1 Å². The topological polar surface area (TPSA) is 29.5 Å². The minimum Gasteiger partial charge on any atom is -0.405 e. The molecule has 0 radical (unpaired) electrons. The summed E-state index contributed by atoms with van der Waals surface area (Å²) >= 11 is 2.96. The van der Waals surface area contributed by atoms with E-state index in [0.29, 0.717) is 0 Å². The van der Waals surface area contributed by atoms with Crippen molar-refractivity contribution in [3.05, 3.63) is 28.2 Å². The van der Waals surface area contributed by atoms with E-state index >= 15 is 0 Å². The molecule has 0 saturated carbocycles. The number of alkyl halides is 6. The molecule has 10 heteroatoms. The second-order valence-electron chi connectivity index (χ2n) is 5.29. The maximum Gasteiger partial charge on any atom is 0.573 e. The maximum atomic E-state index is 12.8. The molecule has 1 aromatic carbocycles. The molecule has 1 heterocycles. The van der Waals surface area contributed by atoms with Crippen molar-refractivity contribution in [2.75, 3.05) is 13.1 Å². The Balaban J connectivity index is 2.29. The first-order valence-electron chi connectivity index (χ1n) is 6.89. The van der Waals surface area contributed by atoms with Crippen LogP contribution in [0.25, 0.3) is 0 Å². The van der Waals surface area contributed by atoms with E-state index in [2.05, 4.69) is 20.7 Å². The maximum absolute atomic E-state index is 12.8. The molecule has 1 aliphatic heterocycles. The summed E-state index contributed by atoms with van der Waals surface area (Å²) in [4.78, 5) is 13.4. The number of likely N-dealkylation sites (tertiary alicyclic amines) is 1. The summed E-state index contributed by atoms with van der Waals surface area (Å²) in [6.07, 6.45) is -9.48. The zero-order valence-corrected chi connectivity index (χ0v) is 13.6. The molecule has 1 atom stereocenters. The van der Waals surface area contributed by atoms with E-state index in [0.717, 1.165) is 11.0 Å². The number of hydrogen-bond donors (Lipinski definition) is 0. The number of amides is 1. The molecule has 1 unspecified atom stereocenters. The number of benzene rings is 1. The SMILES string of the molecule is O=C(c1c(Br)cccc1OC(F)(F)F)N1CCCC(C(F)(F)F)C1. The van der Waals surface area contributed by atoms with Crippen LogP contribution in [0.15, 0.2) is 22.7 Å². The summed E-state index contributed by atoms with van der Waals surface area (Å²) in [5.41, 5.74) is -0.447. The number of carbonyl (C=O) groups excluding carboxylic acids is 1. The second-order valence-corrected chi connectivity index (χ2v) is 6.15. The zero-order valence-electron chi connectivity index (χ0n) is 12.0.